The molecule has 0 aliphatic carbocycles. The molecule has 1 N–H and O–H groups in total. The second kappa shape index (κ2) is 6.20. The highest BCUT2D eigenvalue weighted by Gasteiger charge is 2.25. The Hall–Kier alpha value is -0.340. The van der Waals surface area contributed by atoms with Crippen LogP contribution in [0.2, 0.25) is 0 Å². The topological polar surface area (TPSA) is 23.5 Å². The molecule has 2 unspecified atom stereocenters. The molecule has 1 saturated heterocycles. The monoisotopic (exact) mass is 197 g/mol. The van der Waals surface area contributed by atoms with Crippen LogP contribution in [0.25, 0.3) is 0 Å². The number of piperidine rings is 1. The molecule has 2 atom stereocenters. The van der Waals surface area contributed by atoms with Gasteiger partial charge in [-0.25, -0.2) is 0 Å². The molecule has 1 aliphatic heterocycles. The molecule has 0 aromatic rings. The number of likely N-dealkylation sites (tertiary alicyclic amines) is 1. The van der Waals surface area contributed by atoms with Crippen LogP contribution in [0.15, 0.2) is 12.7 Å². The molecule has 0 spiro atoms. The third-order valence-electron chi connectivity index (χ3n) is 3.18. The van der Waals surface area contributed by atoms with Gasteiger partial charge >= 0.3 is 0 Å². The van der Waals surface area contributed by atoms with Crippen molar-refractivity contribution in [2.45, 2.75) is 38.7 Å². The first-order valence-electron chi connectivity index (χ1n) is 5.79. The van der Waals surface area contributed by atoms with E-state index in [-0.39, 0.29) is 6.10 Å². The maximum atomic E-state index is 9.72. The lowest BCUT2D eigenvalue weighted by molar-refractivity contribution is 0.0249. The fraction of sp³-hybridized carbons (Fsp3) is 0.833. The van der Waals surface area contributed by atoms with Crippen molar-refractivity contribution in [1.29, 1.82) is 0 Å². The third-order valence-corrected chi connectivity index (χ3v) is 3.18. The number of unbranched alkanes of at least 4 members (excludes halogenated alkanes) is 1. The van der Waals surface area contributed by atoms with Gasteiger partial charge in [-0.3, -0.25) is 0 Å². The highest BCUT2D eigenvalue weighted by Crippen LogP contribution is 2.20. The van der Waals surface area contributed by atoms with Gasteiger partial charge in [-0.15, -0.1) is 6.58 Å². The molecule has 1 fully saturated rings. The van der Waals surface area contributed by atoms with Crippen LogP contribution in [-0.4, -0.2) is 35.7 Å². The summed E-state index contributed by atoms with van der Waals surface area (Å²) in [6.45, 7) is 9.20. The minimum absolute atomic E-state index is 0.0596. The first-order valence-corrected chi connectivity index (χ1v) is 5.79. The van der Waals surface area contributed by atoms with Crippen LogP contribution in [0.5, 0.6) is 0 Å². The molecule has 82 valence electrons. The smallest absolute Gasteiger partial charge is 0.0592 e. The van der Waals surface area contributed by atoms with Gasteiger partial charge in [0, 0.05) is 13.1 Å². The Kier molecular flexibility index (Phi) is 5.20. The van der Waals surface area contributed by atoms with E-state index in [2.05, 4.69) is 18.4 Å². The highest BCUT2D eigenvalue weighted by molar-refractivity contribution is 4.79. The van der Waals surface area contributed by atoms with Crippen LogP contribution in [0.3, 0.4) is 0 Å². The molecule has 0 aromatic heterocycles. The summed E-state index contributed by atoms with van der Waals surface area (Å²) in [5.41, 5.74) is 0. The lowest BCUT2D eigenvalue weighted by atomic mass is 9.92. The van der Waals surface area contributed by atoms with E-state index in [1.54, 1.807) is 0 Å². The van der Waals surface area contributed by atoms with Crippen molar-refractivity contribution >= 4 is 0 Å². The van der Waals surface area contributed by atoms with Gasteiger partial charge in [-0.1, -0.05) is 13.0 Å². The van der Waals surface area contributed by atoms with E-state index in [1.807, 2.05) is 6.08 Å². The summed E-state index contributed by atoms with van der Waals surface area (Å²) >= 11 is 0. The Labute approximate surface area is 87.6 Å². The van der Waals surface area contributed by atoms with E-state index in [4.69, 9.17) is 0 Å². The molecule has 0 saturated carbocycles. The van der Waals surface area contributed by atoms with Crippen molar-refractivity contribution in [2.24, 2.45) is 5.92 Å². The van der Waals surface area contributed by atoms with E-state index in [1.165, 1.54) is 6.42 Å². The molecule has 0 amide bonds. The predicted octanol–water partition coefficient (Wildman–Crippen LogP) is 2.05. The third kappa shape index (κ3) is 3.43. The Balaban J connectivity index is 2.24. The van der Waals surface area contributed by atoms with Crippen LogP contribution in [-0.2, 0) is 0 Å². The first-order chi connectivity index (χ1) is 6.77. The van der Waals surface area contributed by atoms with Crippen molar-refractivity contribution < 1.29 is 5.11 Å². The zero-order valence-electron chi connectivity index (χ0n) is 9.28. The second-order valence-corrected chi connectivity index (χ2v) is 4.26. The molecule has 0 bridgehead atoms. The average molecular weight is 197 g/mol. The summed E-state index contributed by atoms with van der Waals surface area (Å²) in [7, 11) is 0. The SMILES string of the molecule is C=CCCCN1CCC(O)C(CC)C1. The van der Waals surface area contributed by atoms with E-state index >= 15 is 0 Å². The van der Waals surface area contributed by atoms with Crippen LogP contribution in [0, 0.1) is 5.92 Å². The lowest BCUT2D eigenvalue weighted by Gasteiger charge is -2.35. The number of hydrogen-bond acceptors (Lipinski definition) is 2. The quantitative estimate of drug-likeness (QED) is 0.538. The first kappa shape index (κ1) is 11.7. The molecule has 1 aliphatic rings. The number of rotatable bonds is 5. The molecule has 2 heteroatoms. The van der Waals surface area contributed by atoms with Crippen molar-refractivity contribution in [3.05, 3.63) is 12.7 Å². The van der Waals surface area contributed by atoms with Gasteiger partial charge in [0.05, 0.1) is 6.10 Å². The van der Waals surface area contributed by atoms with Crippen LogP contribution < -0.4 is 0 Å². The standard InChI is InChI=1S/C12H23NO/c1-3-5-6-8-13-9-7-12(14)11(4-2)10-13/h3,11-12,14H,1,4-10H2,2H3. The van der Waals surface area contributed by atoms with Crippen molar-refractivity contribution in [1.82, 2.24) is 4.90 Å². The number of nitrogens with zero attached hydrogens (tertiary/aromatic N) is 1. The number of aliphatic hydroxyl groups is 1. The molecule has 2 nitrogen and oxygen atoms in total. The van der Waals surface area contributed by atoms with Gasteiger partial charge in [-0.05, 0) is 38.1 Å². The molecule has 1 rings (SSSR count). The van der Waals surface area contributed by atoms with Crippen molar-refractivity contribution in [3.8, 4) is 0 Å². The predicted molar refractivity (Wildman–Crippen MR) is 60.3 cm³/mol. The van der Waals surface area contributed by atoms with Crippen LogP contribution in [0.4, 0.5) is 0 Å². The van der Waals surface area contributed by atoms with Gasteiger partial charge in [0.25, 0.3) is 0 Å². The molecular weight excluding hydrogens is 174 g/mol. The summed E-state index contributed by atoms with van der Waals surface area (Å²) in [4.78, 5) is 2.48. The van der Waals surface area contributed by atoms with Gasteiger partial charge in [0.2, 0.25) is 0 Å². The van der Waals surface area contributed by atoms with Crippen molar-refractivity contribution in [2.75, 3.05) is 19.6 Å². The summed E-state index contributed by atoms with van der Waals surface area (Å²) in [5, 5.41) is 9.72. The Bertz CT molecular complexity index is 170. The number of hydrogen-bond donors (Lipinski definition) is 1. The van der Waals surface area contributed by atoms with Gasteiger partial charge in [0.1, 0.15) is 0 Å². The summed E-state index contributed by atoms with van der Waals surface area (Å²) < 4.78 is 0. The Morgan fingerprint density at radius 3 is 3.00 bits per heavy atom. The summed E-state index contributed by atoms with van der Waals surface area (Å²) in [5.74, 6) is 0.493. The zero-order chi connectivity index (χ0) is 10.4. The number of aliphatic hydroxyl groups excluding tert-OH is 1. The number of allylic oxidation sites excluding steroid dienone is 1. The molecule has 1 heterocycles. The van der Waals surface area contributed by atoms with E-state index in [0.29, 0.717) is 5.92 Å². The Morgan fingerprint density at radius 2 is 2.36 bits per heavy atom. The maximum absolute atomic E-state index is 9.72. The second-order valence-electron chi connectivity index (χ2n) is 4.26. The maximum Gasteiger partial charge on any atom is 0.0592 e. The molecule has 14 heavy (non-hydrogen) atoms. The van der Waals surface area contributed by atoms with Crippen molar-refractivity contribution in [3.63, 3.8) is 0 Å². The van der Waals surface area contributed by atoms with Crippen LogP contribution >= 0.6 is 0 Å². The summed E-state index contributed by atoms with van der Waals surface area (Å²) in [6.07, 6.45) is 6.28. The van der Waals surface area contributed by atoms with Crippen LogP contribution in [0.1, 0.15) is 32.6 Å². The minimum atomic E-state index is -0.0596. The zero-order valence-corrected chi connectivity index (χ0v) is 9.28. The average Bonchev–Trinajstić information content (AvgIpc) is 2.21. The largest absolute Gasteiger partial charge is 0.393 e. The Morgan fingerprint density at radius 1 is 1.57 bits per heavy atom. The van der Waals surface area contributed by atoms with E-state index < -0.39 is 0 Å². The lowest BCUT2D eigenvalue weighted by Crippen LogP contribution is -2.43. The molecular formula is C12H23NO. The highest BCUT2D eigenvalue weighted by atomic mass is 16.3. The fourth-order valence-corrected chi connectivity index (χ4v) is 2.16. The minimum Gasteiger partial charge on any atom is -0.393 e. The van der Waals surface area contributed by atoms with E-state index in [0.717, 1.165) is 38.9 Å². The van der Waals surface area contributed by atoms with Gasteiger partial charge < -0.3 is 10.0 Å². The van der Waals surface area contributed by atoms with E-state index in [9.17, 15) is 5.11 Å². The normalized spacial score (nSPS) is 29.0. The fourth-order valence-electron chi connectivity index (χ4n) is 2.16. The summed E-state index contributed by atoms with van der Waals surface area (Å²) in [6, 6.07) is 0. The molecule has 0 aromatic carbocycles. The van der Waals surface area contributed by atoms with Gasteiger partial charge in [0.15, 0.2) is 0 Å². The molecule has 0 radical (unpaired) electrons. The van der Waals surface area contributed by atoms with Gasteiger partial charge in [-0.2, -0.15) is 0 Å².